The van der Waals surface area contributed by atoms with Crippen LogP contribution in [0.1, 0.15) is 20.8 Å². The van der Waals surface area contributed by atoms with Gasteiger partial charge in [-0.25, -0.2) is 0 Å². The lowest BCUT2D eigenvalue weighted by molar-refractivity contribution is 0.0901. The first-order valence-corrected chi connectivity index (χ1v) is 16.0. The third-order valence-corrected chi connectivity index (χ3v) is 12.4. The summed E-state index contributed by atoms with van der Waals surface area (Å²) < 4.78 is 36.2. The van der Waals surface area contributed by atoms with Gasteiger partial charge < -0.3 is 32.7 Å². The van der Waals surface area contributed by atoms with Gasteiger partial charge in [-0.3, -0.25) is 9.78 Å². The van der Waals surface area contributed by atoms with Gasteiger partial charge in [-0.1, -0.05) is 20.8 Å². The summed E-state index contributed by atoms with van der Waals surface area (Å²) in [4.78, 5) is 18.7. The Labute approximate surface area is 228 Å². The maximum Gasteiger partial charge on any atom is 0.259 e. The molecule has 10 heteroatoms. The number of aromatic nitrogens is 2. The summed E-state index contributed by atoms with van der Waals surface area (Å²) in [7, 11) is 1.29. The van der Waals surface area contributed by atoms with Crippen LogP contribution in [0.2, 0.25) is 18.1 Å². The zero-order chi connectivity index (χ0) is 27.9. The van der Waals surface area contributed by atoms with Crippen LogP contribution in [0.25, 0.3) is 32.6 Å². The van der Waals surface area contributed by atoms with Gasteiger partial charge in [0.15, 0.2) is 31.3 Å². The second-order valence-electron chi connectivity index (χ2n) is 11.2. The fraction of sp³-hybridized carbons (Fsp3) is 0.448. The Balaban J connectivity index is 1.55. The van der Waals surface area contributed by atoms with Crippen LogP contribution in [0.4, 0.5) is 0 Å². The number of pyridine rings is 2. The van der Waals surface area contributed by atoms with E-state index in [1.807, 2.05) is 18.2 Å². The van der Waals surface area contributed by atoms with Gasteiger partial charge in [-0.15, -0.1) is 0 Å². The summed E-state index contributed by atoms with van der Waals surface area (Å²) in [6.07, 6.45) is 1.79. The molecule has 208 valence electrons. The molecule has 0 N–H and O–H groups in total. The van der Waals surface area contributed by atoms with Gasteiger partial charge in [0.2, 0.25) is 6.79 Å². The second kappa shape index (κ2) is 10.3. The van der Waals surface area contributed by atoms with E-state index in [-0.39, 0.29) is 17.4 Å². The number of rotatable bonds is 9. The maximum atomic E-state index is 14.0. The Hall–Kier alpha value is -3.34. The summed E-state index contributed by atoms with van der Waals surface area (Å²) in [5.74, 6) is 2.30. The first-order valence-electron chi connectivity index (χ1n) is 13.1. The van der Waals surface area contributed by atoms with Gasteiger partial charge in [-0.2, -0.15) is 0 Å². The van der Waals surface area contributed by atoms with Crippen molar-refractivity contribution in [3.63, 3.8) is 0 Å². The summed E-state index contributed by atoms with van der Waals surface area (Å²) in [5.41, 5.74) is 1.32. The number of fused-ring (bicyclic) bond motifs is 6. The topological polar surface area (TPSA) is 90.3 Å². The summed E-state index contributed by atoms with van der Waals surface area (Å²) in [5, 5.41) is 3.01. The average molecular weight is 553 g/mol. The molecule has 1 aliphatic heterocycles. The molecule has 0 atom stereocenters. The highest BCUT2D eigenvalue weighted by Crippen LogP contribution is 2.40. The minimum absolute atomic E-state index is 0.137. The molecule has 0 radical (unpaired) electrons. The Morgan fingerprint density at radius 3 is 2.23 bits per heavy atom. The Morgan fingerprint density at radius 2 is 1.56 bits per heavy atom. The molecule has 5 rings (SSSR count). The lowest BCUT2D eigenvalue weighted by atomic mass is 10.0. The third kappa shape index (κ3) is 4.92. The zero-order valence-corrected chi connectivity index (χ0v) is 24.7. The molecule has 0 fully saturated rings. The van der Waals surface area contributed by atoms with Crippen LogP contribution in [0.15, 0.2) is 35.3 Å². The quantitative estimate of drug-likeness (QED) is 0.153. The van der Waals surface area contributed by atoms with Crippen molar-refractivity contribution in [2.75, 3.05) is 40.8 Å². The first kappa shape index (κ1) is 27.2. The van der Waals surface area contributed by atoms with Gasteiger partial charge in [-0.05, 0) is 36.3 Å². The van der Waals surface area contributed by atoms with E-state index in [4.69, 9.17) is 33.1 Å². The fourth-order valence-corrected chi connectivity index (χ4v) is 5.65. The van der Waals surface area contributed by atoms with Crippen molar-refractivity contribution in [3.05, 3.63) is 40.8 Å². The SMILES string of the molecule is COc1cc2c(=O)n(CCOCCO[Si](C)(C)C(C)(C)C)c3c4cc5c(cc4ncc3c2cc1OC)OCO5. The van der Waals surface area contributed by atoms with Gasteiger partial charge >= 0.3 is 0 Å². The average Bonchev–Trinajstić information content (AvgIpc) is 3.36. The van der Waals surface area contributed by atoms with Gasteiger partial charge in [0.1, 0.15) is 0 Å². The van der Waals surface area contributed by atoms with E-state index >= 15 is 0 Å². The number of nitrogens with zero attached hydrogens (tertiary/aromatic N) is 2. The summed E-state index contributed by atoms with van der Waals surface area (Å²) >= 11 is 0. The minimum atomic E-state index is -1.85. The van der Waals surface area contributed by atoms with E-state index in [1.165, 1.54) is 0 Å². The van der Waals surface area contributed by atoms with Gasteiger partial charge in [0.25, 0.3) is 5.56 Å². The molecule has 0 saturated heterocycles. The standard InChI is InChI=1S/C29H36N2O7Si/c1-29(2,3)39(6,7)38-11-10-35-9-8-31-27-20-14-25-26(37-17-36-25)15-22(20)30-16-21(27)18-12-23(33-4)24(34-5)13-19(18)28(31)32/h12-16H,8-11,17H2,1-7H3. The Morgan fingerprint density at radius 1 is 0.897 bits per heavy atom. The number of methoxy groups -OCH3 is 2. The second-order valence-corrected chi connectivity index (χ2v) is 16.0. The molecule has 2 aromatic heterocycles. The third-order valence-electron chi connectivity index (χ3n) is 7.85. The van der Waals surface area contributed by atoms with Crippen molar-refractivity contribution in [2.45, 2.75) is 45.4 Å². The number of benzene rings is 2. The predicted octanol–water partition coefficient (Wildman–Crippen LogP) is 5.49. The smallest absolute Gasteiger partial charge is 0.259 e. The number of hydrogen-bond donors (Lipinski definition) is 0. The lowest BCUT2D eigenvalue weighted by Crippen LogP contribution is -2.41. The number of ether oxygens (including phenoxy) is 5. The predicted molar refractivity (Wildman–Crippen MR) is 154 cm³/mol. The normalized spacial score (nSPS) is 13.5. The molecule has 1 aliphatic rings. The van der Waals surface area contributed by atoms with E-state index in [2.05, 4.69) is 33.9 Å². The van der Waals surface area contributed by atoms with E-state index in [0.29, 0.717) is 60.3 Å². The number of hydrogen-bond acceptors (Lipinski definition) is 8. The van der Waals surface area contributed by atoms with Gasteiger partial charge in [0, 0.05) is 35.0 Å². The van der Waals surface area contributed by atoms with Crippen molar-refractivity contribution in [1.82, 2.24) is 9.55 Å². The highest BCUT2D eigenvalue weighted by molar-refractivity contribution is 6.74. The lowest BCUT2D eigenvalue weighted by Gasteiger charge is -2.36. The molecule has 0 saturated carbocycles. The van der Waals surface area contributed by atoms with E-state index in [0.717, 1.165) is 21.7 Å². The molecule has 0 aliphatic carbocycles. The maximum absolute atomic E-state index is 14.0. The van der Waals surface area contributed by atoms with Crippen LogP contribution >= 0.6 is 0 Å². The van der Waals surface area contributed by atoms with Crippen LogP contribution in [0.5, 0.6) is 23.0 Å². The van der Waals surface area contributed by atoms with Crippen LogP contribution in [0.3, 0.4) is 0 Å². The van der Waals surface area contributed by atoms with Crippen LogP contribution < -0.4 is 24.5 Å². The van der Waals surface area contributed by atoms with E-state index in [1.54, 1.807) is 31.0 Å². The van der Waals surface area contributed by atoms with E-state index < -0.39 is 8.32 Å². The molecular weight excluding hydrogens is 516 g/mol. The van der Waals surface area contributed by atoms with Gasteiger partial charge in [0.05, 0.1) is 50.5 Å². The van der Waals surface area contributed by atoms with Crippen molar-refractivity contribution in [1.29, 1.82) is 0 Å². The Kier molecular flexibility index (Phi) is 7.21. The Bertz CT molecular complexity index is 1610. The fourth-order valence-electron chi connectivity index (χ4n) is 4.63. The monoisotopic (exact) mass is 552 g/mol. The highest BCUT2D eigenvalue weighted by Gasteiger charge is 2.36. The van der Waals surface area contributed by atoms with Crippen molar-refractivity contribution in [3.8, 4) is 23.0 Å². The van der Waals surface area contributed by atoms with Crippen LogP contribution in [0, 0.1) is 0 Å². The zero-order valence-electron chi connectivity index (χ0n) is 23.7. The molecule has 9 nitrogen and oxygen atoms in total. The van der Waals surface area contributed by atoms with Crippen LogP contribution in [-0.4, -0.2) is 58.7 Å². The summed E-state index contributed by atoms with van der Waals surface area (Å²) in [6.45, 7) is 12.9. The molecule has 39 heavy (non-hydrogen) atoms. The van der Waals surface area contributed by atoms with Crippen molar-refractivity contribution in [2.24, 2.45) is 0 Å². The highest BCUT2D eigenvalue weighted by atomic mass is 28.4. The molecular formula is C29H36N2O7Si. The summed E-state index contributed by atoms with van der Waals surface area (Å²) in [6, 6.07) is 7.30. The molecule has 0 unspecified atom stereocenters. The van der Waals surface area contributed by atoms with Crippen molar-refractivity contribution >= 4 is 40.9 Å². The molecule has 4 aromatic rings. The molecule has 3 heterocycles. The largest absolute Gasteiger partial charge is 0.493 e. The van der Waals surface area contributed by atoms with Crippen molar-refractivity contribution < 1.29 is 28.1 Å². The first-order chi connectivity index (χ1) is 18.6. The van der Waals surface area contributed by atoms with E-state index in [9.17, 15) is 4.79 Å². The molecule has 0 bridgehead atoms. The minimum Gasteiger partial charge on any atom is -0.493 e. The van der Waals surface area contributed by atoms with Crippen LogP contribution in [-0.2, 0) is 15.7 Å². The molecule has 0 spiro atoms. The molecule has 2 aromatic carbocycles. The molecule has 0 amide bonds.